The SMILES string of the molecule is CC[C@@H](C(=O)NC1CCCC1)N(Cc1ccccc1C)C(=O)COc1ccc(C(C)C)cc1. The normalized spacial score (nSPS) is 14.8. The number of amides is 2. The first-order valence-electron chi connectivity index (χ1n) is 12.3. The van der Waals surface area contributed by atoms with E-state index in [0.29, 0.717) is 24.6 Å². The topological polar surface area (TPSA) is 58.6 Å². The molecule has 3 rings (SSSR count). The highest BCUT2D eigenvalue weighted by Gasteiger charge is 2.31. The number of rotatable bonds is 10. The van der Waals surface area contributed by atoms with Crippen molar-refractivity contribution in [1.82, 2.24) is 10.2 Å². The molecule has 1 N–H and O–H groups in total. The summed E-state index contributed by atoms with van der Waals surface area (Å²) >= 11 is 0. The van der Waals surface area contributed by atoms with Gasteiger partial charge in [0.1, 0.15) is 11.8 Å². The predicted octanol–water partition coefficient (Wildman–Crippen LogP) is 5.36. The van der Waals surface area contributed by atoms with Crippen LogP contribution in [0.4, 0.5) is 0 Å². The molecule has 2 amide bonds. The molecule has 2 aromatic carbocycles. The van der Waals surface area contributed by atoms with Gasteiger partial charge < -0.3 is 15.0 Å². The zero-order chi connectivity index (χ0) is 23.8. The predicted molar refractivity (Wildman–Crippen MR) is 132 cm³/mol. The van der Waals surface area contributed by atoms with Crippen molar-refractivity contribution in [2.75, 3.05) is 6.61 Å². The first kappa shape index (κ1) is 24.8. The van der Waals surface area contributed by atoms with Crippen molar-refractivity contribution >= 4 is 11.8 Å². The standard InChI is InChI=1S/C28H38N2O3/c1-5-26(28(32)29-24-12-8-9-13-24)30(18-23-11-7-6-10-21(23)4)27(31)19-33-25-16-14-22(15-17-25)20(2)3/h6-7,10-11,14-17,20,24,26H,5,8-9,12-13,18-19H2,1-4H3,(H,29,32)/t26-/m0/s1. The Bertz CT molecular complexity index is 917. The van der Waals surface area contributed by atoms with Gasteiger partial charge >= 0.3 is 0 Å². The van der Waals surface area contributed by atoms with Crippen LogP contribution in [0.1, 0.15) is 75.5 Å². The maximum absolute atomic E-state index is 13.4. The van der Waals surface area contributed by atoms with Gasteiger partial charge in [-0.25, -0.2) is 0 Å². The van der Waals surface area contributed by atoms with Gasteiger partial charge in [-0.15, -0.1) is 0 Å². The Hall–Kier alpha value is -2.82. The molecule has 5 nitrogen and oxygen atoms in total. The number of nitrogens with one attached hydrogen (secondary N) is 1. The molecule has 33 heavy (non-hydrogen) atoms. The first-order chi connectivity index (χ1) is 15.9. The Balaban J connectivity index is 1.74. The van der Waals surface area contributed by atoms with Crippen LogP contribution in [0.25, 0.3) is 0 Å². The van der Waals surface area contributed by atoms with Gasteiger partial charge in [0, 0.05) is 12.6 Å². The van der Waals surface area contributed by atoms with Gasteiger partial charge in [0.15, 0.2) is 6.61 Å². The average molecular weight is 451 g/mol. The van der Waals surface area contributed by atoms with Gasteiger partial charge in [0.25, 0.3) is 5.91 Å². The molecule has 0 spiro atoms. The van der Waals surface area contributed by atoms with Crippen molar-refractivity contribution in [1.29, 1.82) is 0 Å². The Kier molecular flexibility index (Phi) is 8.93. The van der Waals surface area contributed by atoms with E-state index in [4.69, 9.17) is 4.74 Å². The van der Waals surface area contributed by atoms with Crippen LogP contribution in [-0.4, -0.2) is 35.4 Å². The number of hydrogen-bond donors (Lipinski definition) is 1. The Morgan fingerprint density at radius 1 is 1.06 bits per heavy atom. The van der Waals surface area contributed by atoms with Crippen molar-refractivity contribution in [2.45, 2.75) is 84.3 Å². The minimum Gasteiger partial charge on any atom is -0.484 e. The van der Waals surface area contributed by atoms with Gasteiger partial charge in [-0.1, -0.05) is 70.0 Å². The lowest BCUT2D eigenvalue weighted by molar-refractivity contribution is -0.143. The smallest absolute Gasteiger partial charge is 0.261 e. The van der Waals surface area contributed by atoms with E-state index >= 15 is 0 Å². The van der Waals surface area contributed by atoms with Crippen LogP contribution >= 0.6 is 0 Å². The fourth-order valence-electron chi connectivity index (χ4n) is 4.43. The highest BCUT2D eigenvalue weighted by atomic mass is 16.5. The summed E-state index contributed by atoms with van der Waals surface area (Å²) in [5.41, 5.74) is 3.37. The van der Waals surface area contributed by atoms with Crippen LogP contribution in [-0.2, 0) is 16.1 Å². The van der Waals surface area contributed by atoms with Gasteiger partial charge in [0.2, 0.25) is 5.91 Å². The van der Waals surface area contributed by atoms with Crippen LogP contribution < -0.4 is 10.1 Å². The molecule has 0 unspecified atom stereocenters. The van der Waals surface area contributed by atoms with Crippen molar-refractivity contribution in [3.05, 3.63) is 65.2 Å². The molecular formula is C28H38N2O3. The summed E-state index contributed by atoms with van der Waals surface area (Å²) in [7, 11) is 0. The number of nitrogens with zero attached hydrogens (tertiary/aromatic N) is 1. The van der Waals surface area contributed by atoms with Crippen molar-refractivity contribution in [2.24, 2.45) is 0 Å². The number of aryl methyl sites for hydroxylation is 1. The zero-order valence-corrected chi connectivity index (χ0v) is 20.5. The van der Waals surface area contributed by atoms with Gasteiger partial charge in [-0.05, 0) is 60.9 Å². The van der Waals surface area contributed by atoms with Gasteiger partial charge in [-0.3, -0.25) is 9.59 Å². The Labute approximate surface area is 198 Å². The minimum atomic E-state index is -0.523. The summed E-state index contributed by atoms with van der Waals surface area (Å²) in [6.07, 6.45) is 4.89. The number of ether oxygens (including phenoxy) is 1. The molecule has 1 saturated carbocycles. The summed E-state index contributed by atoms with van der Waals surface area (Å²) in [6, 6.07) is 15.6. The van der Waals surface area contributed by atoms with Crippen LogP contribution in [0, 0.1) is 6.92 Å². The third kappa shape index (κ3) is 6.83. The van der Waals surface area contributed by atoms with Crippen molar-refractivity contribution in [3.63, 3.8) is 0 Å². The second-order valence-electron chi connectivity index (χ2n) is 9.37. The van der Waals surface area contributed by atoms with E-state index in [-0.39, 0.29) is 24.5 Å². The highest BCUT2D eigenvalue weighted by Crippen LogP contribution is 2.21. The Morgan fingerprint density at radius 2 is 1.73 bits per heavy atom. The highest BCUT2D eigenvalue weighted by molar-refractivity contribution is 5.88. The molecule has 0 aliphatic heterocycles. The number of hydrogen-bond acceptors (Lipinski definition) is 3. The number of carbonyl (C=O) groups is 2. The third-order valence-electron chi connectivity index (χ3n) is 6.60. The lowest BCUT2D eigenvalue weighted by Gasteiger charge is -2.32. The maximum Gasteiger partial charge on any atom is 0.261 e. The van der Waals surface area contributed by atoms with Gasteiger partial charge in [0.05, 0.1) is 0 Å². The summed E-state index contributed by atoms with van der Waals surface area (Å²) in [6.45, 7) is 8.57. The van der Waals surface area contributed by atoms with E-state index in [1.54, 1.807) is 4.90 Å². The van der Waals surface area contributed by atoms with E-state index in [2.05, 4.69) is 19.2 Å². The molecule has 1 aliphatic rings. The summed E-state index contributed by atoms with van der Waals surface area (Å²) in [5.74, 6) is 0.855. The van der Waals surface area contributed by atoms with Crippen molar-refractivity contribution in [3.8, 4) is 5.75 Å². The van der Waals surface area contributed by atoms with Crippen LogP contribution in [0.5, 0.6) is 5.75 Å². The molecule has 5 heteroatoms. The summed E-state index contributed by atoms with van der Waals surface area (Å²) in [4.78, 5) is 28.2. The van der Waals surface area contributed by atoms with E-state index in [9.17, 15) is 9.59 Å². The maximum atomic E-state index is 13.4. The molecule has 2 aromatic rings. The van der Waals surface area contributed by atoms with Crippen LogP contribution in [0.15, 0.2) is 48.5 Å². The van der Waals surface area contributed by atoms with E-state index in [1.165, 1.54) is 5.56 Å². The zero-order valence-electron chi connectivity index (χ0n) is 20.5. The molecular weight excluding hydrogens is 412 g/mol. The molecule has 1 atom stereocenters. The molecule has 1 aliphatic carbocycles. The second-order valence-corrected chi connectivity index (χ2v) is 9.37. The average Bonchev–Trinajstić information content (AvgIpc) is 3.31. The van der Waals surface area contributed by atoms with Crippen LogP contribution in [0.2, 0.25) is 0 Å². The molecule has 0 heterocycles. The molecule has 0 saturated heterocycles. The fourth-order valence-corrected chi connectivity index (χ4v) is 4.43. The first-order valence-corrected chi connectivity index (χ1v) is 12.3. The Morgan fingerprint density at radius 3 is 2.33 bits per heavy atom. The fraction of sp³-hybridized carbons (Fsp3) is 0.500. The van der Waals surface area contributed by atoms with Crippen molar-refractivity contribution < 1.29 is 14.3 Å². The largest absolute Gasteiger partial charge is 0.484 e. The monoisotopic (exact) mass is 450 g/mol. The third-order valence-corrected chi connectivity index (χ3v) is 6.60. The van der Waals surface area contributed by atoms with Gasteiger partial charge in [-0.2, -0.15) is 0 Å². The lowest BCUT2D eigenvalue weighted by Crippen LogP contribution is -2.52. The van der Waals surface area contributed by atoms with Crippen LogP contribution in [0.3, 0.4) is 0 Å². The second kappa shape index (κ2) is 11.9. The van der Waals surface area contributed by atoms with E-state index in [1.807, 2.05) is 62.4 Å². The lowest BCUT2D eigenvalue weighted by atomic mass is 10.0. The number of benzene rings is 2. The molecule has 0 aromatic heterocycles. The van der Waals surface area contributed by atoms with E-state index in [0.717, 1.165) is 36.8 Å². The van der Waals surface area contributed by atoms with E-state index < -0.39 is 6.04 Å². The summed E-state index contributed by atoms with van der Waals surface area (Å²) in [5, 5.41) is 3.18. The molecule has 1 fully saturated rings. The summed E-state index contributed by atoms with van der Waals surface area (Å²) < 4.78 is 5.84. The molecule has 0 radical (unpaired) electrons. The number of carbonyl (C=O) groups excluding carboxylic acids is 2. The molecule has 0 bridgehead atoms. The minimum absolute atomic E-state index is 0.0624. The quantitative estimate of drug-likeness (QED) is 0.530. The molecule has 178 valence electrons.